The molecule has 0 aliphatic heterocycles. The third-order valence-corrected chi connectivity index (χ3v) is 7.80. The van der Waals surface area contributed by atoms with Gasteiger partial charge in [0, 0.05) is 5.39 Å². The van der Waals surface area contributed by atoms with E-state index < -0.39 is 13.6 Å². The molecule has 1 aliphatic carbocycles. The maximum Gasteiger partial charge on any atom is 0.323 e. The van der Waals surface area contributed by atoms with Crippen molar-refractivity contribution in [2.24, 2.45) is 0 Å². The Hall–Kier alpha value is -1.84. The first kappa shape index (κ1) is 20.9. The Balaban J connectivity index is 1.74. The lowest BCUT2D eigenvalue weighted by molar-refractivity contribution is -0.152. The molecule has 6 heteroatoms. The molecule has 5 nitrogen and oxygen atoms in total. The summed E-state index contributed by atoms with van der Waals surface area (Å²) in [5.74, 6) is 0.185. The largest absolute Gasteiger partial charge is 0.461 e. The summed E-state index contributed by atoms with van der Waals surface area (Å²) in [7, 11) is -3.33. The van der Waals surface area contributed by atoms with Crippen LogP contribution in [-0.2, 0) is 14.1 Å². The van der Waals surface area contributed by atoms with E-state index in [9.17, 15) is 9.36 Å². The standard InChI is InChI=1S/C22H30NO4P/c1-16(2)28(25,23-17(3)22(24)26-19-12-5-4-6-13-19)27-21-15-9-11-18-10-7-8-14-20(18)21/h7-11,14-17,19H,4-6,12-13H2,1-3H3,(H,23,25)/t17-,28?/m0/s1. The van der Waals surface area contributed by atoms with Gasteiger partial charge in [0.05, 0.1) is 5.66 Å². The van der Waals surface area contributed by atoms with Crippen LogP contribution in [-0.4, -0.2) is 23.8 Å². The van der Waals surface area contributed by atoms with E-state index in [0.717, 1.165) is 36.5 Å². The predicted molar refractivity (Wildman–Crippen MR) is 113 cm³/mol. The molecule has 0 radical (unpaired) electrons. The zero-order chi connectivity index (χ0) is 20.1. The number of benzene rings is 2. The van der Waals surface area contributed by atoms with Gasteiger partial charge in [-0.3, -0.25) is 9.36 Å². The number of fused-ring (bicyclic) bond motifs is 1. The topological polar surface area (TPSA) is 64.6 Å². The summed E-state index contributed by atoms with van der Waals surface area (Å²) < 4.78 is 25.2. The van der Waals surface area contributed by atoms with Crippen LogP contribution in [0.1, 0.15) is 52.9 Å². The lowest BCUT2D eigenvalue weighted by atomic mass is 9.98. The molecule has 152 valence electrons. The Morgan fingerprint density at radius 2 is 1.71 bits per heavy atom. The number of hydrogen-bond donors (Lipinski definition) is 1. The van der Waals surface area contributed by atoms with Gasteiger partial charge >= 0.3 is 13.5 Å². The second-order valence-corrected chi connectivity index (χ2v) is 10.5. The minimum absolute atomic E-state index is 0.0251. The first-order valence-corrected chi connectivity index (χ1v) is 11.8. The molecule has 3 rings (SSSR count). The molecule has 2 aromatic carbocycles. The fourth-order valence-electron chi connectivity index (χ4n) is 3.47. The van der Waals surface area contributed by atoms with Crippen molar-refractivity contribution >= 4 is 24.3 Å². The first-order valence-electron chi connectivity index (χ1n) is 10.1. The van der Waals surface area contributed by atoms with Gasteiger partial charge in [-0.05, 0) is 44.1 Å². The van der Waals surface area contributed by atoms with E-state index >= 15 is 0 Å². The van der Waals surface area contributed by atoms with Crippen LogP contribution in [0.5, 0.6) is 5.75 Å². The number of carbonyl (C=O) groups excluding carboxylic acids is 1. The van der Waals surface area contributed by atoms with Crippen LogP contribution >= 0.6 is 7.52 Å². The van der Waals surface area contributed by atoms with Crippen LogP contribution in [0.4, 0.5) is 0 Å². The van der Waals surface area contributed by atoms with Crippen molar-refractivity contribution in [2.45, 2.75) is 70.7 Å². The van der Waals surface area contributed by atoms with Crippen LogP contribution in [0.3, 0.4) is 0 Å². The molecule has 0 saturated heterocycles. The lowest BCUT2D eigenvalue weighted by Crippen LogP contribution is -2.38. The lowest BCUT2D eigenvalue weighted by Gasteiger charge is -2.28. The van der Waals surface area contributed by atoms with Crippen LogP contribution in [0.25, 0.3) is 10.8 Å². The summed E-state index contributed by atoms with van der Waals surface area (Å²) in [5, 5.41) is 4.86. The van der Waals surface area contributed by atoms with E-state index in [2.05, 4.69) is 5.09 Å². The molecule has 0 heterocycles. The van der Waals surface area contributed by atoms with E-state index in [1.807, 2.05) is 56.3 Å². The molecular weight excluding hydrogens is 373 g/mol. The normalized spacial score (nSPS) is 18.6. The quantitative estimate of drug-likeness (QED) is 0.476. The summed E-state index contributed by atoms with van der Waals surface area (Å²) in [4.78, 5) is 12.5. The third-order valence-electron chi connectivity index (χ3n) is 5.23. The Morgan fingerprint density at radius 1 is 1.04 bits per heavy atom. The van der Waals surface area contributed by atoms with Crippen LogP contribution < -0.4 is 9.61 Å². The van der Waals surface area contributed by atoms with Crippen LogP contribution in [0.2, 0.25) is 0 Å². The Kier molecular flexibility index (Phi) is 6.79. The highest BCUT2D eigenvalue weighted by Gasteiger charge is 2.34. The average Bonchev–Trinajstić information content (AvgIpc) is 2.69. The van der Waals surface area contributed by atoms with Crippen molar-refractivity contribution in [3.05, 3.63) is 42.5 Å². The Bertz CT molecular complexity index is 855. The molecular formula is C22H30NO4P. The van der Waals surface area contributed by atoms with Crippen LogP contribution in [0, 0.1) is 0 Å². The van der Waals surface area contributed by atoms with Gasteiger partial charge in [-0.1, -0.05) is 56.7 Å². The molecule has 1 aliphatic rings. The maximum atomic E-state index is 13.6. The second-order valence-electron chi connectivity index (χ2n) is 7.81. The monoisotopic (exact) mass is 403 g/mol. The summed E-state index contributed by atoms with van der Waals surface area (Å²) in [6.45, 7) is 5.35. The fourth-order valence-corrected chi connectivity index (χ4v) is 5.13. The molecule has 1 N–H and O–H groups in total. The molecule has 0 amide bonds. The van der Waals surface area contributed by atoms with Crippen molar-refractivity contribution in [3.63, 3.8) is 0 Å². The van der Waals surface area contributed by atoms with Gasteiger partial charge < -0.3 is 9.26 Å². The first-order chi connectivity index (χ1) is 13.4. The van der Waals surface area contributed by atoms with E-state index in [1.165, 1.54) is 6.42 Å². The molecule has 0 aromatic heterocycles. The van der Waals surface area contributed by atoms with Crippen molar-refractivity contribution in [1.82, 2.24) is 5.09 Å². The van der Waals surface area contributed by atoms with Crippen molar-refractivity contribution in [2.75, 3.05) is 0 Å². The SMILES string of the molecule is CC(C)P(=O)(N[C@@H](C)C(=O)OC1CCCCC1)Oc1cccc2ccccc12. The molecule has 0 bridgehead atoms. The number of carbonyl (C=O) groups is 1. The minimum atomic E-state index is -3.33. The number of rotatable bonds is 7. The highest BCUT2D eigenvalue weighted by Crippen LogP contribution is 2.49. The third kappa shape index (κ3) is 4.95. The minimum Gasteiger partial charge on any atom is -0.461 e. The second kappa shape index (κ2) is 9.11. The highest BCUT2D eigenvalue weighted by atomic mass is 31.2. The van der Waals surface area contributed by atoms with Gasteiger partial charge in [0.2, 0.25) is 0 Å². The molecule has 28 heavy (non-hydrogen) atoms. The molecule has 1 saturated carbocycles. The number of hydrogen-bond acceptors (Lipinski definition) is 4. The zero-order valence-corrected chi connectivity index (χ0v) is 17.8. The zero-order valence-electron chi connectivity index (χ0n) is 16.9. The van der Waals surface area contributed by atoms with Crippen molar-refractivity contribution < 1.29 is 18.6 Å². The van der Waals surface area contributed by atoms with E-state index in [0.29, 0.717) is 5.75 Å². The molecule has 2 aromatic rings. The predicted octanol–water partition coefficient (Wildman–Crippen LogP) is 5.67. The van der Waals surface area contributed by atoms with Crippen LogP contribution in [0.15, 0.2) is 42.5 Å². The van der Waals surface area contributed by atoms with Crippen molar-refractivity contribution in [1.29, 1.82) is 0 Å². The van der Waals surface area contributed by atoms with Crippen molar-refractivity contribution in [3.8, 4) is 5.75 Å². The van der Waals surface area contributed by atoms with E-state index in [4.69, 9.17) is 9.26 Å². The molecule has 1 fully saturated rings. The Morgan fingerprint density at radius 3 is 2.43 bits per heavy atom. The highest BCUT2D eigenvalue weighted by molar-refractivity contribution is 7.58. The van der Waals surface area contributed by atoms with E-state index in [1.54, 1.807) is 6.92 Å². The number of esters is 1. The van der Waals surface area contributed by atoms with Gasteiger partial charge in [-0.2, -0.15) is 0 Å². The molecule has 1 unspecified atom stereocenters. The Labute approximate surface area is 167 Å². The smallest absolute Gasteiger partial charge is 0.323 e. The van der Waals surface area contributed by atoms with Gasteiger partial charge in [0.25, 0.3) is 0 Å². The van der Waals surface area contributed by atoms with E-state index in [-0.39, 0.29) is 17.7 Å². The van der Waals surface area contributed by atoms with Gasteiger partial charge in [-0.25, -0.2) is 5.09 Å². The van der Waals surface area contributed by atoms with Gasteiger partial charge in [0.1, 0.15) is 17.9 Å². The summed E-state index contributed by atoms with van der Waals surface area (Å²) in [6, 6.07) is 12.8. The maximum absolute atomic E-state index is 13.6. The fraction of sp³-hybridized carbons (Fsp3) is 0.500. The molecule has 0 spiro atoms. The summed E-state index contributed by atoms with van der Waals surface area (Å²) >= 11 is 0. The number of ether oxygens (including phenoxy) is 1. The van der Waals surface area contributed by atoms with Gasteiger partial charge in [0.15, 0.2) is 0 Å². The summed E-state index contributed by atoms with van der Waals surface area (Å²) in [6.07, 6.45) is 5.18. The number of nitrogens with one attached hydrogen (secondary N) is 1. The molecule has 2 atom stereocenters. The van der Waals surface area contributed by atoms with Gasteiger partial charge in [-0.15, -0.1) is 0 Å². The average molecular weight is 403 g/mol. The summed E-state index contributed by atoms with van der Waals surface area (Å²) in [5.41, 5.74) is -0.295.